The molecule has 1 saturated heterocycles. The van der Waals surface area contributed by atoms with Crippen molar-refractivity contribution in [2.45, 2.75) is 20.4 Å². The summed E-state index contributed by atoms with van der Waals surface area (Å²) >= 11 is 0. The standard InChI is InChI=1S/C25H29N5O7/c1-17(31)28-11-13-29(14-12-28)25(35)27-21-15-26-22(19-7-5-4-6-8-19)30(23(21)33)10-9-20(24(34)36-3)16-37-18(2)32/h4-9,15H,10-14,16H2,1-3H3,(H,27,35)/b20-9+. The van der Waals surface area contributed by atoms with Crippen LogP contribution < -0.4 is 10.9 Å². The van der Waals surface area contributed by atoms with Crippen LogP contribution in [0.2, 0.25) is 0 Å². The number of benzene rings is 1. The van der Waals surface area contributed by atoms with Crippen molar-refractivity contribution >= 4 is 29.6 Å². The summed E-state index contributed by atoms with van der Waals surface area (Å²) in [5.41, 5.74) is 0.0939. The quantitative estimate of drug-likeness (QED) is 0.433. The Labute approximate surface area is 213 Å². The summed E-state index contributed by atoms with van der Waals surface area (Å²) in [7, 11) is 1.19. The SMILES string of the molecule is COC(=O)/C(=C/Cn1c(-c2ccccc2)ncc(NC(=O)N2CCN(C(C)=O)CC2)c1=O)COC(C)=O. The molecule has 1 fully saturated rings. The van der Waals surface area contributed by atoms with Crippen LogP contribution >= 0.6 is 0 Å². The van der Waals surface area contributed by atoms with Crippen molar-refractivity contribution in [3.05, 3.63) is 58.5 Å². The molecule has 1 aliphatic heterocycles. The van der Waals surface area contributed by atoms with Crippen molar-refractivity contribution in [3.8, 4) is 11.4 Å². The number of anilines is 1. The molecule has 2 aromatic rings. The van der Waals surface area contributed by atoms with Crippen LogP contribution in [0.3, 0.4) is 0 Å². The number of nitrogens with zero attached hydrogens (tertiary/aromatic N) is 4. The monoisotopic (exact) mass is 511 g/mol. The Morgan fingerprint density at radius 3 is 2.27 bits per heavy atom. The fourth-order valence-corrected chi connectivity index (χ4v) is 3.70. The molecule has 37 heavy (non-hydrogen) atoms. The lowest BCUT2D eigenvalue weighted by Gasteiger charge is -2.34. The van der Waals surface area contributed by atoms with Crippen molar-refractivity contribution in [3.63, 3.8) is 0 Å². The topological polar surface area (TPSA) is 140 Å². The summed E-state index contributed by atoms with van der Waals surface area (Å²) in [6.07, 6.45) is 2.70. The van der Waals surface area contributed by atoms with E-state index in [9.17, 15) is 24.0 Å². The first kappa shape index (κ1) is 27.1. The highest BCUT2D eigenvalue weighted by atomic mass is 16.5. The molecule has 3 amide bonds. The van der Waals surface area contributed by atoms with Gasteiger partial charge in [-0.2, -0.15) is 0 Å². The third-order valence-corrected chi connectivity index (χ3v) is 5.73. The fourth-order valence-electron chi connectivity index (χ4n) is 3.70. The number of methoxy groups -OCH3 is 1. The van der Waals surface area contributed by atoms with Crippen LogP contribution in [0.25, 0.3) is 11.4 Å². The van der Waals surface area contributed by atoms with E-state index in [1.165, 1.54) is 42.7 Å². The first-order chi connectivity index (χ1) is 17.7. The normalized spacial score (nSPS) is 13.6. The maximum Gasteiger partial charge on any atom is 0.336 e. The average molecular weight is 512 g/mol. The van der Waals surface area contributed by atoms with Gasteiger partial charge in [0.15, 0.2) is 0 Å². The number of piperazine rings is 1. The van der Waals surface area contributed by atoms with Gasteiger partial charge in [0, 0.05) is 52.1 Å². The molecule has 2 heterocycles. The molecule has 3 rings (SSSR count). The van der Waals surface area contributed by atoms with E-state index in [0.717, 1.165) is 0 Å². The number of nitrogens with one attached hydrogen (secondary N) is 1. The van der Waals surface area contributed by atoms with Crippen LogP contribution in [0.15, 0.2) is 53.0 Å². The molecule has 0 aliphatic carbocycles. The summed E-state index contributed by atoms with van der Waals surface area (Å²) in [4.78, 5) is 68.8. The second-order valence-corrected chi connectivity index (χ2v) is 8.20. The Morgan fingerprint density at radius 1 is 1.03 bits per heavy atom. The smallest absolute Gasteiger partial charge is 0.336 e. The zero-order valence-electron chi connectivity index (χ0n) is 20.9. The number of carbonyl (C=O) groups excluding carboxylic acids is 4. The summed E-state index contributed by atoms with van der Waals surface area (Å²) in [5, 5.41) is 2.61. The average Bonchev–Trinajstić information content (AvgIpc) is 2.90. The molecule has 196 valence electrons. The molecule has 0 radical (unpaired) electrons. The molecule has 1 aromatic heterocycles. The second kappa shape index (κ2) is 12.5. The van der Waals surface area contributed by atoms with Crippen molar-refractivity contribution in [2.24, 2.45) is 0 Å². The molecule has 0 unspecified atom stereocenters. The molecular formula is C25H29N5O7. The minimum absolute atomic E-state index is 0.0430. The number of aromatic nitrogens is 2. The predicted octanol–water partition coefficient (Wildman–Crippen LogP) is 1.27. The largest absolute Gasteiger partial charge is 0.466 e. The number of ether oxygens (including phenoxy) is 2. The molecule has 0 saturated carbocycles. The lowest BCUT2D eigenvalue weighted by molar-refractivity contribution is -0.142. The third-order valence-electron chi connectivity index (χ3n) is 5.73. The molecule has 12 nitrogen and oxygen atoms in total. The van der Waals surface area contributed by atoms with Gasteiger partial charge in [-0.3, -0.25) is 19.0 Å². The predicted molar refractivity (Wildman–Crippen MR) is 134 cm³/mol. The number of hydrogen-bond acceptors (Lipinski definition) is 8. The van der Waals surface area contributed by atoms with Crippen LogP contribution in [-0.4, -0.2) is 83.1 Å². The van der Waals surface area contributed by atoms with Gasteiger partial charge in [-0.25, -0.2) is 14.6 Å². The summed E-state index contributed by atoms with van der Waals surface area (Å²) < 4.78 is 11.0. The highest BCUT2D eigenvalue weighted by Gasteiger charge is 2.23. The van der Waals surface area contributed by atoms with E-state index in [1.54, 1.807) is 29.2 Å². The number of rotatable bonds is 7. The van der Waals surface area contributed by atoms with Gasteiger partial charge in [0.1, 0.15) is 18.1 Å². The van der Waals surface area contributed by atoms with Crippen LogP contribution in [0, 0.1) is 0 Å². The zero-order valence-corrected chi connectivity index (χ0v) is 20.9. The lowest BCUT2D eigenvalue weighted by atomic mass is 10.2. The third kappa shape index (κ3) is 7.03. The summed E-state index contributed by atoms with van der Waals surface area (Å²) in [6.45, 7) is 3.72. The van der Waals surface area contributed by atoms with Crippen molar-refractivity contribution in [2.75, 3.05) is 45.2 Å². The van der Waals surface area contributed by atoms with Crippen LogP contribution in [0.4, 0.5) is 10.5 Å². The van der Waals surface area contributed by atoms with Gasteiger partial charge in [-0.15, -0.1) is 0 Å². The molecule has 1 aliphatic rings. The number of allylic oxidation sites excluding steroid dienone is 1. The van der Waals surface area contributed by atoms with Crippen LogP contribution in [0.5, 0.6) is 0 Å². The second-order valence-electron chi connectivity index (χ2n) is 8.20. The minimum atomic E-state index is -0.710. The Kier molecular flexibility index (Phi) is 9.14. The van der Waals surface area contributed by atoms with E-state index in [1.807, 2.05) is 6.07 Å². The highest BCUT2D eigenvalue weighted by molar-refractivity contribution is 5.90. The first-order valence-electron chi connectivity index (χ1n) is 11.6. The number of hydrogen-bond donors (Lipinski definition) is 1. The molecule has 1 N–H and O–H groups in total. The Balaban J connectivity index is 1.91. The van der Waals surface area contributed by atoms with Crippen LogP contribution in [-0.2, 0) is 30.4 Å². The Morgan fingerprint density at radius 2 is 1.68 bits per heavy atom. The zero-order chi connectivity index (χ0) is 26.9. The van der Waals surface area contributed by atoms with Gasteiger partial charge >= 0.3 is 18.0 Å². The van der Waals surface area contributed by atoms with Crippen molar-refractivity contribution in [1.82, 2.24) is 19.4 Å². The number of amides is 3. The van der Waals surface area contributed by atoms with Gasteiger partial charge in [-0.05, 0) is 0 Å². The van der Waals surface area contributed by atoms with Crippen molar-refractivity contribution < 1.29 is 28.7 Å². The highest BCUT2D eigenvalue weighted by Crippen LogP contribution is 2.17. The molecule has 0 bridgehead atoms. The Hall–Kier alpha value is -4.48. The van der Waals surface area contributed by atoms with E-state index >= 15 is 0 Å². The number of carbonyl (C=O) groups is 4. The van der Waals surface area contributed by atoms with Crippen LogP contribution in [0.1, 0.15) is 13.8 Å². The Bertz CT molecular complexity index is 1250. The summed E-state index contributed by atoms with van der Waals surface area (Å²) in [6, 6.07) is 8.46. The van der Waals surface area contributed by atoms with E-state index in [0.29, 0.717) is 37.6 Å². The lowest BCUT2D eigenvalue weighted by Crippen LogP contribution is -2.51. The molecule has 1 aromatic carbocycles. The summed E-state index contributed by atoms with van der Waals surface area (Å²) in [5.74, 6) is -1.03. The molecule has 0 spiro atoms. The van der Waals surface area contributed by atoms with Crippen molar-refractivity contribution in [1.29, 1.82) is 0 Å². The fraction of sp³-hybridized carbons (Fsp3) is 0.360. The minimum Gasteiger partial charge on any atom is -0.466 e. The number of urea groups is 1. The molecule has 0 atom stereocenters. The van der Waals surface area contributed by atoms with Gasteiger partial charge in [-0.1, -0.05) is 36.4 Å². The van der Waals surface area contributed by atoms with E-state index in [4.69, 9.17) is 9.47 Å². The molecule has 12 heteroatoms. The maximum atomic E-state index is 13.4. The maximum absolute atomic E-state index is 13.4. The van der Waals surface area contributed by atoms with Gasteiger partial charge in [0.2, 0.25) is 5.91 Å². The first-order valence-corrected chi connectivity index (χ1v) is 11.6. The van der Waals surface area contributed by atoms with E-state index in [2.05, 4.69) is 10.3 Å². The van der Waals surface area contributed by atoms with E-state index < -0.39 is 23.5 Å². The van der Waals surface area contributed by atoms with Gasteiger partial charge in [0.05, 0.1) is 18.9 Å². The van der Waals surface area contributed by atoms with E-state index in [-0.39, 0.29) is 30.3 Å². The van der Waals surface area contributed by atoms with Gasteiger partial charge in [0.25, 0.3) is 5.56 Å². The molecular weight excluding hydrogens is 482 g/mol. The van der Waals surface area contributed by atoms with Gasteiger partial charge < -0.3 is 24.6 Å². The number of esters is 2.